The summed E-state index contributed by atoms with van der Waals surface area (Å²) in [5, 5.41) is 6.90. The number of anilines is 1. The molecule has 0 bridgehead atoms. The van der Waals surface area contributed by atoms with E-state index in [0.717, 1.165) is 18.0 Å². The maximum Gasteiger partial charge on any atom is 0.231 e. The first-order chi connectivity index (χ1) is 9.90. The molecular weight excluding hydrogens is 270 g/mol. The topological polar surface area (TPSA) is 30.5 Å². The van der Waals surface area contributed by atoms with Crippen LogP contribution in [0.4, 0.5) is 5.69 Å². The third-order valence-electron chi connectivity index (χ3n) is 3.40. The van der Waals surface area contributed by atoms with E-state index in [-0.39, 0.29) is 0 Å². The van der Waals surface area contributed by atoms with E-state index in [1.165, 1.54) is 21.3 Å². The van der Waals surface area contributed by atoms with Crippen LogP contribution < -0.4 is 14.8 Å². The maximum atomic E-state index is 5.40. The van der Waals surface area contributed by atoms with Gasteiger partial charge in [0, 0.05) is 6.54 Å². The van der Waals surface area contributed by atoms with E-state index in [4.69, 9.17) is 9.47 Å². The lowest BCUT2D eigenvalue weighted by Gasteiger charge is -2.08. The molecule has 4 rings (SSSR count). The predicted molar refractivity (Wildman–Crippen MR) is 81.7 cm³/mol. The summed E-state index contributed by atoms with van der Waals surface area (Å²) in [4.78, 5) is 0. The summed E-state index contributed by atoms with van der Waals surface area (Å²) in [6.07, 6.45) is 0. The van der Waals surface area contributed by atoms with Crippen molar-refractivity contribution in [1.29, 1.82) is 0 Å². The molecule has 100 valence electrons. The summed E-state index contributed by atoms with van der Waals surface area (Å²) in [5.74, 6) is 1.66. The molecule has 1 N–H and O–H groups in total. The molecule has 2 heterocycles. The summed E-state index contributed by atoms with van der Waals surface area (Å²) in [7, 11) is 0. The van der Waals surface area contributed by atoms with Crippen LogP contribution in [-0.4, -0.2) is 6.79 Å². The fraction of sp³-hybridized carbons (Fsp3) is 0.125. The van der Waals surface area contributed by atoms with Gasteiger partial charge < -0.3 is 14.8 Å². The van der Waals surface area contributed by atoms with Gasteiger partial charge in [-0.1, -0.05) is 18.2 Å². The first kappa shape index (κ1) is 11.6. The van der Waals surface area contributed by atoms with Crippen molar-refractivity contribution >= 4 is 27.1 Å². The summed E-state index contributed by atoms with van der Waals surface area (Å²) in [5.41, 5.74) is 2.36. The van der Waals surface area contributed by atoms with E-state index in [0.29, 0.717) is 6.79 Å². The van der Waals surface area contributed by atoms with Crippen LogP contribution in [0.25, 0.3) is 10.1 Å². The van der Waals surface area contributed by atoms with Gasteiger partial charge in [0.25, 0.3) is 0 Å². The first-order valence-corrected chi connectivity index (χ1v) is 7.37. The Morgan fingerprint density at radius 2 is 2.00 bits per heavy atom. The zero-order valence-electron chi connectivity index (χ0n) is 10.8. The molecule has 0 amide bonds. The lowest BCUT2D eigenvalue weighted by molar-refractivity contribution is 0.174. The Morgan fingerprint density at radius 3 is 3.00 bits per heavy atom. The van der Waals surface area contributed by atoms with E-state index in [9.17, 15) is 0 Å². The minimum Gasteiger partial charge on any atom is -0.454 e. The molecule has 0 saturated heterocycles. The Bertz CT molecular complexity index is 766. The van der Waals surface area contributed by atoms with E-state index in [1.807, 2.05) is 12.1 Å². The van der Waals surface area contributed by atoms with E-state index in [1.54, 1.807) is 11.3 Å². The number of thiophene rings is 1. The lowest BCUT2D eigenvalue weighted by atomic mass is 10.2. The molecule has 1 aromatic heterocycles. The van der Waals surface area contributed by atoms with Crippen LogP contribution in [0.3, 0.4) is 0 Å². The standard InChI is InChI=1S/C16H13NO2S/c1-2-12-6-7-20-16(12)13(3-1)17-9-11-4-5-14-15(8-11)19-10-18-14/h1-8,17H,9-10H2. The fourth-order valence-corrected chi connectivity index (χ4v) is 3.27. The molecule has 1 aliphatic heterocycles. The monoisotopic (exact) mass is 283 g/mol. The van der Waals surface area contributed by atoms with Gasteiger partial charge in [-0.3, -0.25) is 0 Å². The Morgan fingerprint density at radius 1 is 1.05 bits per heavy atom. The largest absolute Gasteiger partial charge is 0.454 e. The van der Waals surface area contributed by atoms with Gasteiger partial charge in [-0.15, -0.1) is 11.3 Å². The second kappa shape index (κ2) is 4.72. The average Bonchev–Trinajstić information content (AvgIpc) is 3.13. The Hall–Kier alpha value is -2.20. The van der Waals surface area contributed by atoms with Gasteiger partial charge in [0.2, 0.25) is 6.79 Å². The van der Waals surface area contributed by atoms with E-state index >= 15 is 0 Å². The lowest BCUT2D eigenvalue weighted by Crippen LogP contribution is -1.99. The highest BCUT2D eigenvalue weighted by Crippen LogP contribution is 2.33. The highest BCUT2D eigenvalue weighted by atomic mass is 32.1. The van der Waals surface area contributed by atoms with Crippen molar-refractivity contribution in [1.82, 2.24) is 0 Å². The fourth-order valence-electron chi connectivity index (χ4n) is 2.38. The van der Waals surface area contributed by atoms with Gasteiger partial charge in [0.05, 0.1) is 10.4 Å². The summed E-state index contributed by atoms with van der Waals surface area (Å²) in [6.45, 7) is 1.09. The Balaban J connectivity index is 1.57. The van der Waals surface area contributed by atoms with Crippen molar-refractivity contribution in [3.05, 3.63) is 53.4 Å². The van der Waals surface area contributed by atoms with Crippen molar-refractivity contribution in [2.45, 2.75) is 6.54 Å². The van der Waals surface area contributed by atoms with Crippen molar-refractivity contribution in [3.63, 3.8) is 0 Å². The van der Waals surface area contributed by atoms with E-state index < -0.39 is 0 Å². The quantitative estimate of drug-likeness (QED) is 0.779. The van der Waals surface area contributed by atoms with Gasteiger partial charge in [0.1, 0.15) is 0 Å². The minimum atomic E-state index is 0.320. The summed E-state index contributed by atoms with van der Waals surface area (Å²) >= 11 is 1.76. The first-order valence-electron chi connectivity index (χ1n) is 6.49. The molecule has 0 aliphatic carbocycles. The molecule has 3 aromatic rings. The smallest absolute Gasteiger partial charge is 0.231 e. The molecule has 4 heteroatoms. The van der Waals surface area contributed by atoms with Crippen molar-refractivity contribution in [3.8, 4) is 11.5 Å². The molecule has 0 fully saturated rings. The van der Waals surface area contributed by atoms with Crippen molar-refractivity contribution < 1.29 is 9.47 Å². The molecule has 2 aromatic carbocycles. The third kappa shape index (κ3) is 1.98. The van der Waals surface area contributed by atoms with Crippen molar-refractivity contribution in [2.75, 3.05) is 12.1 Å². The average molecular weight is 283 g/mol. The van der Waals surface area contributed by atoms with E-state index in [2.05, 4.69) is 41.0 Å². The van der Waals surface area contributed by atoms with Gasteiger partial charge in [-0.05, 0) is 40.6 Å². The third-order valence-corrected chi connectivity index (χ3v) is 4.36. The van der Waals surface area contributed by atoms with Crippen LogP contribution in [-0.2, 0) is 6.54 Å². The minimum absolute atomic E-state index is 0.320. The molecule has 20 heavy (non-hydrogen) atoms. The normalized spacial score (nSPS) is 12.8. The van der Waals surface area contributed by atoms with Crippen molar-refractivity contribution in [2.24, 2.45) is 0 Å². The summed E-state index contributed by atoms with van der Waals surface area (Å²) in [6, 6.07) is 14.5. The molecule has 0 atom stereocenters. The second-order valence-corrected chi connectivity index (χ2v) is 5.60. The zero-order chi connectivity index (χ0) is 13.4. The number of benzene rings is 2. The van der Waals surface area contributed by atoms with Gasteiger partial charge in [-0.25, -0.2) is 0 Å². The second-order valence-electron chi connectivity index (χ2n) is 4.69. The molecular formula is C16H13NO2S. The number of nitrogens with one attached hydrogen (secondary N) is 1. The maximum absolute atomic E-state index is 5.40. The van der Waals surface area contributed by atoms with Crippen LogP contribution in [0.5, 0.6) is 11.5 Å². The summed E-state index contributed by atoms with van der Waals surface area (Å²) < 4.78 is 12.0. The van der Waals surface area contributed by atoms with Gasteiger partial charge >= 0.3 is 0 Å². The molecule has 0 saturated carbocycles. The number of ether oxygens (including phenoxy) is 2. The molecule has 1 aliphatic rings. The molecule has 3 nitrogen and oxygen atoms in total. The van der Waals surface area contributed by atoms with Gasteiger partial charge in [0.15, 0.2) is 11.5 Å². The molecule has 0 spiro atoms. The molecule has 0 radical (unpaired) electrons. The zero-order valence-corrected chi connectivity index (χ0v) is 11.6. The van der Waals surface area contributed by atoms with Gasteiger partial charge in [-0.2, -0.15) is 0 Å². The van der Waals surface area contributed by atoms with Crippen LogP contribution in [0.2, 0.25) is 0 Å². The molecule has 0 unspecified atom stereocenters. The SMILES string of the molecule is c1cc(NCc2ccc3c(c2)OCO3)c2sccc2c1. The predicted octanol–water partition coefficient (Wildman–Crippen LogP) is 4.24. The Kier molecular flexibility index (Phi) is 2.74. The number of hydrogen-bond donors (Lipinski definition) is 1. The van der Waals surface area contributed by atoms with Crippen LogP contribution in [0.1, 0.15) is 5.56 Å². The van der Waals surface area contributed by atoms with Crippen LogP contribution in [0, 0.1) is 0 Å². The number of rotatable bonds is 3. The highest BCUT2D eigenvalue weighted by Gasteiger charge is 2.13. The van der Waals surface area contributed by atoms with Crippen LogP contribution in [0.15, 0.2) is 47.8 Å². The number of hydrogen-bond acceptors (Lipinski definition) is 4. The van der Waals surface area contributed by atoms with Crippen LogP contribution >= 0.6 is 11.3 Å². The Labute approximate surface area is 120 Å². The highest BCUT2D eigenvalue weighted by molar-refractivity contribution is 7.17. The number of fused-ring (bicyclic) bond motifs is 2.